The Hall–Kier alpha value is -2.09. The van der Waals surface area contributed by atoms with Gasteiger partial charge in [0.2, 0.25) is 0 Å². The van der Waals surface area contributed by atoms with E-state index in [1.54, 1.807) is 18.2 Å². The molecule has 3 rings (SSSR count). The summed E-state index contributed by atoms with van der Waals surface area (Å²) in [6.07, 6.45) is 21.0. The van der Waals surface area contributed by atoms with Crippen molar-refractivity contribution < 1.29 is 27.0 Å². The van der Waals surface area contributed by atoms with Gasteiger partial charge in [-0.05, 0) is 30.3 Å². The van der Waals surface area contributed by atoms with Gasteiger partial charge in [0.25, 0.3) is 0 Å². The Morgan fingerprint density at radius 3 is 2.41 bits per heavy atom. The van der Waals surface area contributed by atoms with Gasteiger partial charge in [-0.2, -0.15) is 17.7 Å². The van der Waals surface area contributed by atoms with Gasteiger partial charge in [0.05, 0.1) is 0 Å². The maximum atomic E-state index is 11.7. The minimum Gasteiger partial charge on any atom is -0.508 e. The summed E-state index contributed by atoms with van der Waals surface area (Å²) in [7, 11) is 0. The summed E-state index contributed by atoms with van der Waals surface area (Å²) < 4.78 is 0. The van der Waals surface area contributed by atoms with Gasteiger partial charge in [-0.25, -0.2) is 18.2 Å². The fraction of sp³-hybridized carbons (Fsp3) is 0.105. The first-order valence-corrected chi connectivity index (χ1v) is 6.75. The van der Waals surface area contributed by atoms with Crippen molar-refractivity contribution in [3.8, 4) is 5.75 Å². The molecule has 0 saturated heterocycles. The van der Waals surface area contributed by atoms with Crippen LogP contribution in [0.25, 0.3) is 0 Å². The molecule has 0 bridgehead atoms. The molecule has 0 spiro atoms. The molecular formula is C19H16FeO2. The van der Waals surface area contributed by atoms with E-state index in [0.29, 0.717) is 5.56 Å². The maximum absolute atomic E-state index is 11.7. The predicted octanol–water partition coefficient (Wildman–Crippen LogP) is 4.12. The summed E-state index contributed by atoms with van der Waals surface area (Å²) in [4.78, 5) is 11.7. The van der Waals surface area contributed by atoms with E-state index in [9.17, 15) is 4.79 Å². The molecule has 0 fully saturated rings. The molecule has 0 atom stereocenters. The van der Waals surface area contributed by atoms with Crippen molar-refractivity contribution >= 4 is 5.78 Å². The van der Waals surface area contributed by atoms with Gasteiger partial charge in [0, 0.05) is 5.56 Å². The standard InChI is InChI=1S/C14H11O2.C5H5.Fe/c15-13-8-6-12(7-9-13)14(16)10-5-11-3-1-2-4-11;1-2-4-5-3-1;/h3-10,15H,1H2;1-3H,4H2;/q2*-1;+2/b10-5+;;. The van der Waals surface area contributed by atoms with Crippen LogP contribution in [0.3, 0.4) is 0 Å². The molecule has 1 aromatic rings. The number of phenols is 1. The molecule has 1 N–H and O–H groups in total. The Labute approximate surface area is 141 Å². The van der Waals surface area contributed by atoms with E-state index in [2.05, 4.69) is 18.2 Å². The number of ketones is 1. The number of phenolic OH excluding ortho intramolecular Hbond substituents is 1. The van der Waals surface area contributed by atoms with Crippen LogP contribution in [0.4, 0.5) is 0 Å². The largest absolute Gasteiger partial charge is 2.00 e. The average Bonchev–Trinajstić information content (AvgIpc) is 3.21. The average molecular weight is 332 g/mol. The molecule has 2 aliphatic carbocycles. The molecular weight excluding hydrogens is 316 g/mol. The zero-order chi connectivity index (χ0) is 14.9. The Balaban J connectivity index is 0.000000344. The van der Waals surface area contributed by atoms with Crippen LogP contribution in [0.5, 0.6) is 5.75 Å². The second kappa shape index (κ2) is 9.77. The third-order valence-corrected chi connectivity index (χ3v) is 2.89. The van der Waals surface area contributed by atoms with Gasteiger partial charge in [0.1, 0.15) is 5.75 Å². The van der Waals surface area contributed by atoms with Crippen LogP contribution >= 0.6 is 0 Å². The van der Waals surface area contributed by atoms with Crippen LogP contribution in [-0.4, -0.2) is 10.9 Å². The van der Waals surface area contributed by atoms with Crippen molar-refractivity contribution in [3.05, 3.63) is 90.1 Å². The normalized spacial score (nSPS) is 14.5. The molecule has 0 saturated carbocycles. The van der Waals surface area contributed by atoms with E-state index < -0.39 is 0 Å². The van der Waals surface area contributed by atoms with Crippen LogP contribution < -0.4 is 0 Å². The third-order valence-electron chi connectivity index (χ3n) is 2.89. The number of benzene rings is 1. The molecule has 2 aliphatic rings. The SMILES string of the molecule is O=C(/C=C/C1=CC[C-]=C1)c1ccc(O)cc1.[C-]1=CC=CC1.[Fe+2]. The second-order valence-electron chi connectivity index (χ2n) is 4.50. The molecule has 2 nitrogen and oxygen atoms in total. The summed E-state index contributed by atoms with van der Waals surface area (Å²) in [5.74, 6) is 0.0952. The predicted molar refractivity (Wildman–Crippen MR) is 83.7 cm³/mol. The molecule has 0 aromatic heterocycles. The van der Waals surface area contributed by atoms with Crippen molar-refractivity contribution in [3.63, 3.8) is 0 Å². The molecule has 3 heteroatoms. The van der Waals surface area contributed by atoms with Crippen LogP contribution in [0.15, 0.2) is 72.4 Å². The Morgan fingerprint density at radius 1 is 1.14 bits per heavy atom. The summed E-state index contributed by atoms with van der Waals surface area (Å²) in [5, 5.41) is 9.09. The first-order valence-electron chi connectivity index (χ1n) is 6.75. The quantitative estimate of drug-likeness (QED) is 0.391. The van der Waals surface area contributed by atoms with Crippen molar-refractivity contribution in [2.45, 2.75) is 12.8 Å². The van der Waals surface area contributed by atoms with Crippen LogP contribution in [-0.2, 0) is 17.1 Å². The second-order valence-corrected chi connectivity index (χ2v) is 4.50. The minimum absolute atomic E-state index is 0. The molecule has 0 unspecified atom stereocenters. The first-order chi connectivity index (χ1) is 10.3. The number of hydrogen-bond acceptors (Lipinski definition) is 2. The van der Waals surface area contributed by atoms with E-state index in [4.69, 9.17) is 5.11 Å². The van der Waals surface area contributed by atoms with Crippen molar-refractivity contribution in [2.75, 3.05) is 0 Å². The topological polar surface area (TPSA) is 37.3 Å². The molecule has 0 heterocycles. The van der Waals surface area contributed by atoms with E-state index >= 15 is 0 Å². The molecule has 0 radical (unpaired) electrons. The molecule has 0 aliphatic heterocycles. The van der Waals surface area contributed by atoms with Crippen molar-refractivity contribution in [1.29, 1.82) is 0 Å². The monoisotopic (exact) mass is 332 g/mol. The smallest absolute Gasteiger partial charge is 0.508 e. The van der Waals surface area contributed by atoms with Gasteiger partial charge in [-0.1, -0.05) is 0 Å². The Morgan fingerprint density at radius 2 is 1.91 bits per heavy atom. The number of aromatic hydroxyl groups is 1. The molecule has 112 valence electrons. The van der Waals surface area contributed by atoms with E-state index in [1.807, 2.05) is 24.3 Å². The van der Waals surface area contributed by atoms with Crippen molar-refractivity contribution in [2.24, 2.45) is 0 Å². The number of carbonyl (C=O) groups excluding carboxylic acids is 1. The summed E-state index contributed by atoms with van der Waals surface area (Å²) >= 11 is 0. The summed E-state index contributed by atoms with van der Waals surface area (Å²) in [6.45, 7) is 0. The molecule has 0 amide bonds. The number of rotatable bonds is 3. The zero-order valence-electron chi connectivity index (χ0n) is 12.0. The first kappa shape index (κ1) is 18.0. The maximum Gasteiger partial charge on any atom is 2.00 e. The van der Waals surface area contributed by atoms with E-state index in [0.717, 1.165) is 18.4 Å². The van der Waals surface area contributed by atoms with Crippen LogP contribution in [0, 0.1) is 12.2 Å². The fourth-order valence-corrected chi connectivity index (χ4v) is 1.76. The van der Waals surface area contributed by atoms with E-state index in [-0.39, 0.29) is 28.6 Å². The number of allylic oxidation sites excluding steroid dienone is 10. The molecule has 1 aromatic carbocycles. The summed E-state index contributed by atoms with van der Waals surface area (Å²) in [5.41, 5.74) is 1.58. The van der Waals surface area contributed by atoms with Gasteiger partial charge in [0.15, 0.2) is 5.78 Å². The van der Waals surface area contributed by atoms with E-state index in [1.165, 1.54) is 18.2 Å². The van der Waals surface area contributed by atoms with Crippen LogP contribution in [0.2, 0.25) is 0 Å². The van der Waals surface area contributed by atoms with Gasteiger partial charge in [-0.15, -0.1) is 18.9 Å². The van der Waals surface area contributed by atoms with Gasteiger partial charge in [-0.3, -0.25) is 16.9 Å². The van der Waals surface area contributed by atoms with Crippen molar-refractivity contribution in [1.82, 2.24) is 0 Å². The third kappa shape index (κ3) is 6.13. The minimum atomic E-state index is -0.0683. The zero-order valence-corrected chi connectivity index (χ0v) is 13.1. The Kier molecular flexibility index (Phi) is 7.98. The number of carbonyl (C=O) groups is 1. The molecule has 22 heavy (non-hydrogen) atoms. The number of hydrogen-bond donors (Lipinski definition) is 1. The fourth-order valence-electron chi connectivity index (χ4n) is 1.76. The van der Waals surface area contributed by atoms with Gasteiger partial charge < -0.3 is 5.11 Å². The van der Waals surface area contributed by atoms with Gasteiger partial charge >= 0.3 is 17.1 Å². The van der Waals surface area contributed by atoms with Crippen LogP contribution in [0.1, 0.15) is 23.2 Å². The Bertz CT molecular complexity index is 622. The summed E-state index contributed by atoms with van der Waals surface area (Å²) in [6, 6.07) is 6.22.